The minimum Gasteiger partial charge on any atom is -0.381 e. The van der Waals surface area contributed by atoms with Gasteiger partial charge in [0.25, 0.3) is 0 Å². The van der Waals surface area contributed by atoms with Crippen LogP contribution in [0.1, 0.15) is 24.4 Å². The molecular weight excluding hydrogens is 232 g/mol. The van der Waals surface area contributed by atoms with Gasteiger partial charge in [-0.15, -0.1) is 0 Å². The van der Waals surface area contributed by atoms with Crippen molar-refractivity contribution < 1.29 is 4.74 Å². The third-order valence-electron chi connectivity index (χ3n) is 3.48. The lowest BCUT2D eigenvalue weighted by atomic mass is 10.0. The highest BCUT2D eigenvalue weighted by atomic mass is 32.1. The first-order valence-corrected chi connectivity index (χ1v) is 7.25. The molecule has 0 spiro atoms. The number of ether oxygens (including phenoxy) is 1. The van der Waals surface area contributed by atoms with Crippen molar-refractivity contribution in [3.63, 3.8) is 0 Å². The first-order valence-electron chi connectivity index (χ1n) is 6.31. The average Bonchev–Trinajstić information content (AvgIpc) is 2.85. The van der Waals surface area contributed by atoms with Crippen LogP contribution in [0.15, 0.2) is 16.8 Å². The van der Waals surface area contributed by atoms with Crippen LogP contribution in [-0.4, -0.2) is 38.3 Å². The second-order valence-corrected chi connectivity index (χ2v) is 5.61. The first kappa shape index (κ1) is 13.0. The summed E-state index contributed by atoms with van der Waals surface area (Å²) in [5, 5.41) is 4.32. The Morgan fingerprint density at radius 3 is 3.12 bits per heavy atom. The molecular formula is C13H22N2OS. The van der Waals surface area contributed by atoms with Gasteiger partial charge in [-0.2, -0.15) is 11.3 Å². The normalized spacial score (nSPS) is 22.9. The zero-order valence-corrected chi connectivity index (χ0v) is 11.3. The smallest absolute Gasteiger partial charge is 0.0506 e. The van der Waals surface area contributed by atoms with Crippen LogP contribution in [0.4, 0.5) is 0 Å². The summed E-state index contributed by atoms with van der Waals surface area (Å²) in [4.78, 5) is 2.38. The molecule has 0 aliphatic carbocycles. The topological polar surface area (TPSA) is 38.5 Å². The molecule has 1 saturated heterocycles. The molecule has 0 aromatic carbocycles. The SMILES string of the molecule is CN(CC1CCCOC1)C(CN)c1ccsc1. The monoisotopic (exact) mass is 254 g/mol. The Labute approximate surface area is 108 Å². The van der Waals surface area contributed by atoms with Gasteiger partial charge in [-0.05, 0) is 48.2 Å². The van der Waals surface area contributed by atoms with E-state index in [-0.39, 0.29) is 0 Å². The minimum atomic E-state index is 0.350. The van der Waals surface area contributed by atoms with E-state index in [2.05, 4.69) is 28.8 Å². The molecule has 1 fully saturated rings. The summed E-state index contributed by atoms with van der Waals surface area (Å²) < 4.78 is 5.53. The molecule has 2 heterocycles. The molecule has 2 atom stereocenters. The van der Waals surface area contributed by atoms with Crippen LogP contribution in [0.25, 0.3) is 0 Å². The third kappa shape index (κ3) is 3.52. The molecule has 1 aromatic rings. The molecule has 1 aliphatic rings. The van der Waals surface area contributed by atoms with Crippen LogP contribution in [0, 0.1) is 5.92 Å². The number of thiophene rings is 1. The van der Waals surface area contributed by atoms with Gasteiger partial charge in [0, 0.05) is 25.7 Å². The fourth-order valence-electron chi connectivity index (χ4n) is 2.52. The van der Waals surface area contributed by atoms with E-state index in [1.54, 1.807) is 11.3 Å². The largest absolute Gasteiger partial charge is 0.381 e. The van der Waals surface area contributed by atoms with Crippen LogP contribution in [-0.2, 0) is 4.74 Å². The van der Waals surface area contributed by atoms with E-state index < -0.39 is 0 Å². The van der Waals surface area contributed by atoms with Crippen LogP contribution in [0.2, 0.25) is 0 Å². The highest BCUT2D eigenvalue weighted by Gasteiger charge is 2.21. The molecule has 0 saturated carbocycles. The standard InChI is InChI=1S/C13H22N2OS/c1-15(8-11-3-2-5-16-9-11)13(7-14)12-4-6-17-10-12/h4,6,10-11,13H,2-3,5,7-9,14H2,1H3. The van der Waals surface area contributed by atoms with E-state index in [9.17, 15) is 0 Å². The van der Waals surface area contributed by atoms with Crippen molar-refractivity contribution in [1.82, 2.24) is 4.90 Å². The molecule has 0 radical (unpaired) electrons. The van der Waals surface area contributed by atoms with E-state index in [0.29, 0.717) is 18.5 Å². The Morgan fingerprint density at radius 1 is 1.65 bits per heavy atom. The predicted molar refractivity (Wildman–Crippen MR) is 72.3 cm³/mol. The fourth-order valence-corrected chi connectivity index (χ4v) is 3.23. The van der Waals surface area contributed by atoms with Gasteiger partial charge in [0.2, 0.25) is 0 Å². The van der Waals surface area contributed by atoms with Gasteiger partial charge in [-0.25, -0.2) is 0 Å². The molecule has 1 aliphatic heterocycles. The summed E-state index contributed by atoms with van der Waals surface area (Å²) in [7, 11) is 2.17. The molecule has 4 heteroatoms. The van der Waals surface area contributed by atoms with Crippen molar-refractivity contribution in [2.45, 2.75) is 18.9 Å². The van der Waals surface area contributed by atoms with Gasteiger partial charge < -0.3 is 10.5 Å². The second-order valence-electron chi connectivity index (χ2n) is 4.83. The van der Waals surface area contributed by atoms with Crippen molar-refractivity contribution in [2.24, 2.45) is 11.7 Å². The third-order valence-corrected chi connectivity index (χ3v) is 4.19. The van der Waals surface area contributed by atoms with Crippen LogP contribution in [0.5, 0.6) is 0 Å². The van der Waals surface area contributed by atoms with Crippen molar-refractivity contribution in [1.29, 1.82) is 0 Å². The number of nitrogens with two attached hydrogens (primary N) is 1. The maximum atomic E-state index is 5.90. The lowest BCUT2D eigenvalue weighted by Gasteiger charge is -2.32. The summed E-state index contributed by atoms with van der Waals surface area (Å²) in [5.41, 5.74) is 7.25. The van der Waals surface area contributed by atoms with Crippen molar-refractivity contribution >= 4 is 11.3 Å². The van der Waals surface area contributed by atoms with Gasteiger partial charge in [0.05, 0.1) is 6.61 Å². The highest BCUT2D eigenvalue weighted by molar-refractivity contribution is 7.07. The Hall–Kier alpha value is -0.420. The number of hydrogen-bond acceptors (Lipinski definition) is 4. The Bertz CT molecular complexity index is 309. The lowest BCUT2D eigenvalue weighted by Crippen LogP contribution is -2.36. The molecule has 2 rings (SSSR count). The lowest BCUT2D eigenvalue weighted by molar-refractivity contribution is 0.0365. The van der Waals surface area contributed by atoms with E-state index >= 15 is 0 Å². The maximum Gasteiger partial charge on any atom is 0.0506 e. The molecule has 3 nitrogen and oxygen atoms in total. The number of likely N-dealkylation sites (N-methyl/N-ethyl adjacent to an activating group) is 1. The second kappa shape index (κ2) is 6.50. The summed E-state index contributed by atoms with van der Waals surface area (Å²) in [5.74, 6) is 0.668. The molecule has 2 unspecified atom stereocenters. The van der Waals surface area contributed by atoms with Crippen molar-refractivity contribution in [2.75, 3.05) is 33.4 Å². The minimum absolute atomic E-state index is 0.350. The van der Waals surface area contributed by atoms with E-state index in [1.165, 1.54) is 18.4 Å². The van der Waals surface area contributed by atoms with E-state index in [4.69, 9.17) is 10.5 Å². The van der Waals surface area contributed by atoms with Gasteiger partial charge in [0.15, 0.2) is 0 Å². The zero-order chi connectivity index (χ0) is 12.1. The van der Waals surface area contributed by atoms with Crippen LogP contribution < -0.4 is 5.73 Å². The van der Waals surface area contributed by atoms with Crippen molar-refractivity contribution in [3.8, 4) is 0 Å². The highest BCUT2D eigenvalue weighted by Crippen LogP contribution is 2.23. The fraction of sp³-hybridized carbons (Fsp3) is 0.692. The van der Waals surface area contributed by atoms with Crippen LogP contribution in [0.3, 0.4) is 0 Å². The molecule has 2 N–H and O–H groups in total. The average molecular weight is 254 g/mol. The van der Waals surface area contributed by atoms with E-state index in [1.807, 2.05) is 0 Å². The Kier molecular flexibility index (Phi) is 4.98. The van der Waals surface area contributed by atoms with Gasteiger partial charge in [-0.3, -0.25) is 4.90 Å². The summed E-state index contributed by atoms with van der Waals surface area (Å²) >= 11 is 1.74. The van der Waals surface area contributed by atoms with Crippen molar-refractivity contribution in [3.05, 3.63) is 22.4 Å². The van der Waals surface area contributed by atoms with Gasteiger partial charge in [0.1, 0.15) is 0 Å². The molecule has 1 aromatic heterocycles. The van der Waals surface area contributed by atoms with E-state index in [0.717, 1.165) is 19.8 Å². The van der Waals surface area contributed by atoms with Gasteiger partial charge >= 0.3 is 0 Å². The zero-order valence-electron chi connectivity index (χ0n) is 10.5. The summed E-state index contributed by atoms with van der Waals surface area (Å²) in [6.45, 7) is 3.61. The molecule has 96 valence electrons. The Balaban J connectivity index is 1.90. The number of nitrogens with zero attached hydrogens (tertiary/aromatic N) is 1. The maximum absolute atomic E-state index is 5.90. The molecule has 0 bridgehead atoms. The molecule has 0 amide bonds. The quantitative estimate of drug-likeness (QED) is 0.874. The first-order chi connectivity index (χ1) is 8.31. The predicted octanol–water partition coefficient (Wildman–Crippen LogP) is 2.11. The summed E-state index contributed by atoms with van der Waals surface area (Å²) in [6.07, 6.45) is 2.48. The van der Waals surface area contributed by atoms with Gasteiger partial charge in [-0.1, -0.05) is 0 Å². The number of hydrogen-bond donors (Lipinski definition) is 1. The Morgan fingerprint density at radius 2 is 2.53 bits per heavy atom. The number of rotatable bonds is 5. The summed E-state index contributed by atoms with van der Waals surface area (Å²) in [6, 6.07) is 2.53. The van der Waals surface area contributed by atoms with Crippen LogP contribution >= 0.6 is 11.3 Å². The molecule has 17 heavy (non-hydrogen) atoms.